The summed E-state index contributed by atoms with van der Waals surface area (Å²) in [5.74, 6) is 0.240. The van der Waals surface area contributed by atoms with E-state index in [1.165, 1.54) is 0 Å². The molecule has 0 aromatic heterocycles. The van der Waals surface area contributed by atoms with Crippen LogP contribution < -0.4 is 5.32 Å². The van der Waals surface area contributed by atoms with E-state index in [-0.39, 0.29) is 18.4 Å². The van der Waals surface area contributed by atoms with Gasteiger partial charge in [-0.1, -0.05) is 0 Å². The van der Waals surface area contributed by atoms with Gasteiger partial charge in [0.15, 0.2) is 0 Å². The van der Waals surface area contributed by atoms with Gasteiger partial charge in [0.05, 0.1) is 6.54 Å². The second kappa shape index (κ2) is 6.18. The number of carbonyl (C=O) groups is 2. The average Bonchev–Trinajstić information content (AvgIpc) is 2.77. The van der Waals surface area contributed by atoms with E-state index in [0.717, 1.165) is 45.4 Å². The Morgan fingerprint density at radius 1 is 1.44 bits per heavy atom. The number of amides is 2. The zero-order chi connectivity index (χ0) is 13.0. The molecule has 0 radical (unpaired) electrons. The molecule has 0 saturated carbocycles. The van der Waals surface area contributed by atoms with Crippen LogP contribution in [0.5, 0.6) is 0 Å². The molecule has 0 aromatic carbocycles. The second-order valence-corrected chi connectivity index (χ2v) is 5.08. The molecule has 2 fully saturated rings. The molecule has 102 valence electrons. The normalized spacial score (nSPS) is 21.4. The van der Waals surface area contributed by atoms with E-state index < -0.39 is 0 Å². The molecule has 0 bridgehead atoms. The van der Waals surface area contributed by atoms with Crippen LogP contribution in [0, 0.1) is 0 Å². The summed E-state index contributed by atoms with van der Waals surface area (Å²) in [6.45, 7) is 5.75. The lowest BCUT2D eigenvalue weighted by molar-refractivity contribution is -0.140. The third kappa shape index (κ3) is 3.02. The van der Waals surface area contributed by atoms with Crippen LogP contribution >= 0.6 is 0 Å². The number of hydrogen-bond donors (Lipinski definition) is 1. The summed E-state index contributed by atoms with van der Waals surface area (Å²) in [5.41, 5.74) is 0. The molecule has 0 atom stereocenters. The third-order valence-electron chi connectivity index (χ3n) is 3.91. The van der Waals surface area contributed by atoms with Gasteiger partial charge in [-0.05, 0) is 39.3 Å². The Labute approximate surface area is 108 Å². The van der Waals surface area contributed by atoms with E-state index in [1.54, 1.807) is 4.90 Å². The fourth-order valence-corrected chi connectivity index (χ4v) is 2.88. The van der Waals surface area contributed by atoms with Crippen LogP contribution in [0.25, 0.3) is 0 Å². The quantitative estimate of drug-likeness (QED) is 0.779. The summed E-state index contributed by atoms with van der Waals surface area (Å²) >= 11 is 0. The molecule has 0 unspecified atom stereocenters. The fourth-order valence-electron chi connectivity index (χ4n) is 2.88. The topological polar surface area (TPSA) is 52.7 Å². The van der Waals surface area contributed by atoms with Crippen molar-refractivity contribution in [2.45, 2.75) is 38.6 Å². The number of nitrogens with one attached hydrogen (secondary N) is 1. The van der Waals surface area contributed by atoms with Crippen molar-refractivity contribution in [3.05, 3.63) is 0 Å². The Morgan fingerprint density at radius 2 is 2.17 bits per heavy atom. The predicted molar refractivity (Wildman–Crippen MR) is 69.1 cm³/mol. The Bertz CT molecular complexity index is 313. The van der Waals surface area contributed by atoms with Crippen molar-refractivity contribution in [3.8, 4) is 0 Å². The second-order valence-electron chi connectivity index (χ2n) is 5.08. The van der Waals surface area contributed by atoms with Crippen LogP contribution in [0.3, 0.4) is 0 Å². The van der Waals surface area contributed by atoms with E-state index in [9.17, 15) is 9.59 Å². The van der Waals surface area contributed by atoms with Gasteiger partial charge in [0, 0.05) is 25.6 Å². The Morgan fingerprint density at radius 3 is 2.72 bits per heavy atom. The van der Waals surface area contributed by atoms with Crippen molar-refractivity contribution in [1.82, 2.24) is 15.1 Å². The monoisotopic (exact) mass is 253 g/mol. The SMILES string of the molecule is CCN(C(=O)CN1CCCC1=O)C1CCNCC1. The number of likely N-dealkylation sites (N-methyl/N-ethyl adjacent to an activating group) is 1. The fraction of sp³-hybridized carbons (Fsp3) is 0.846. The molecule has 5 nitrogen and oxygen atoms in total. The lowest BCUT2D eigenvalue weighted by Crippen LogP contribution is -2.49. The number of hydrogen-bond acceptors (Lipinski definition) is 3. The Hall–Kier alpha value is -1.10. The minimum Gasteiger partial charge on any atom is -0.338 e. The maximum absolute atomic E-state index is 12.3. The van der Waals surface area contributed by atoms with Gasteiger partial charge >= 0.3 is 0 Å². The van der Waals surface area contributed by atoms with Gasteiger partial charge in [-0.25, -0.2) is 0 Å². The molecule has 1 N–H and O–H groups in total. The number of likely N-dealkylation sites (tertiary alicyclic amines) is 1. The maximum Gasteiger partial charge on any atom is 0.242 e. The molecule has 0 aromatic rings. The predicted octanol–water partition coefficient (Wildman–Crippen LogP) is 0.209. The lowest BCUT2D eigenvalue weighted by atomic mass is 10.0. The minimum atomic E-state index is 0.111. The van der Waals surface area contributed by atoms with Gasteiger partial charge in [0.2, 0.25) is 11.8 Å². The van der Waals surface area contributed by atoms with Crippen LogP contribution in [0.2, 0.25) is 0 Å². The highest BCUT2D eigenvalue weighted by molar-refractivity contribution is 5.86. The van der Waals surface area contributed by atoms with E-state index in [4.69, 9.17) is 0 Å². The van der Waals surface area contributed by atoms with Crippen LogP contribution in [0.4, 0.5) is 0 Å². The Kier molecular flexibility index (Phi) is 4.58. The van der Waals surface area contributed by atoms with Gasteiger partial charge < -0.3 is 15.1 Å². The number of nitrogens with zero attached hydrogens (tertiary/aromatic N) is 2. The Balaban J connectivity index is 1.90. The summed E-state index contributed by atoms with van der Waals surface area (Å²) in [4.78, 5) is 27.5. The molecular formula is C13H23N3O2. The van der Waals surface area contributed by atoms with Gasteiger partial charge in [-0.15, -0.1) is 0 Å². The summed E-state index contributed by atoms with van der Waals surface area (Å²) < 4.78 is 0. The molecular weight excluding hydrogens is 230 g/mol. The average molecular weight is 253 g/mol. The summed E-state index contributed by atoms with van der Waals surface area (Å²) in [7, 11) is 0. The summed E-state index contributed by atoms with van der Waals surface area (Å²) in [6, 6.07) is 0.349. The van der Waals surface area contributed by atoms with Crippen LogP contribution in [0.1, 0.15) is 32.6 Å². The number of rotatable bonds is 4. The van der Waals surface area contributed by atoms with E-state index in [1.807, 2.05) is 11.8 Å². The molecule has 0 spiro atoms. The molecule has 5 heteroatoms. The first-order valence-electron chi connectivity index (χ1n) is 7.00. The van der Waals surface area contributed by atoms with Crippen molar-refractivity contribution in [1.29, 1.82) is 0 Å². The van der Waals surface area contributed by atoms with Gasteiger partial charge in [0.1, 0.15) is 0 Å². The van der Waals surface area contributed by atoms with Crippen molar-refractivity contribution >= 4 is 11.8 Å². The first-order valence-corrected chi connectivity index (χ1v) is 7.00. The summed E-state index contributed by atoms with van der Waals surface area (Å²) in [5, 5.41) is 3.31. The lowest BCUT2D eigenvalue weighted by Gasteiger charge is -2.34. The molecule has 2 amide bonds. The van der Waals surface area contributed by atoms with Crippen molar-refractivity contribution in [2.24, 2.45) is 0 Å². The van der Waals surface area contributed by atoms with Gasteiger partial charge in [-0.3, -0.25) is 9.59 Å². The first kappa shape index (κ1) is 13.3. The number of carbonyl (C=O) groups excluding carboxylic acids is 2. The van der Waals surface area contributed by atoms with Crippen molar-refractivity contribution < 1.29 is 9.59 Å². The zero-order valence-electron chi connectivity index (χ0n) is 11.2. The first-order chi connectivity index (χ1) is 8.72. The van der Waals surface area contributed by atoms with Crippen molar-refractivity contribution in [3.63, 3.8) is 0 Å². The smallest absolute Gasteiger partial charge is 0.242 e. The zero-order valence-corrected chi connectivity index (χ0v) is 11.2. The third-order valence-corrected chi connectivity index (χ3v) is 3.91. The molecule has 2 rings (SSSR count). The molecule has 2 heterocycles. The van der Waals surface area contributed by atoms with E-state index >= 15 is 0 Å². The van der Waals surface area contributed by atoms with Gasteiger partial charge in [-0.2, -0.15) is 0 Å². The highest BCUT2D eigenvalue weighted by Crippen LogP contribution is 2.14. The summed E-state index contributed by atoms with van der Waals surface area (Å²) in [6.07, 6.45) is 3.54. The molecule has 2 aliphatic heterocycles. The van der Waals surface area contributed by atoms with Crippen LogP contribution in [-0.2, 0) is 9.59 Å². The highest BCUT2D eigenvalue weighted by atomic mass is 16.2. The standard InChI is InChI=1S/C13H23N3O2/c1-2-16(11-5-7-14-8-6-11)13(18)10-15-9-3-4-12(15)17/h11,14H,2-10H2,1H3. The highest BCUT2D eigenvalue weighted by Gasteiger charge is 2.28. The van der Waals surface area contributed by atoms with Crippen molar-refractivity contribution in [2.75, 3.05) is 32.7 Å². The number of piperidine rings is 1. The molecule has 2 saturated heterocycles. The van der Waals surface area contributed by atoms with E-state index in [0.29, 0.717) is 12.5 Å². The maximum atomic E-state index is 12.3. The van der Waals surface area contributed by atoms with Crippen LogP contribution in [0.15, 0.2) is 0 Å². The minimum absolute atomic E-state index is 0.111. The van der Waals surface area contributed by atoms with E-state index in [2.05, 4.69) is 5.32 Å². The largest absolute Gasteiger partial charge is 0.338 e. The molecule has 0 aliphatic carbocycles. The van der Waals surface area contributed by atoms with Crippen LogP contribution in [-0.4, -0.2) is 60.4 Å². The molecule has 2 aliphatic rings. The molecule has 18 heavy (non-hydrogen) atoms. The van der Waals surface area contributed by atoms with Gasteiger partial charge in [0.25, 0.3) is 0 Å².